The fourth-order valence-corrected chi connectivity index (χ4v) is 1.59. The van der Waals surface area contributed by atoms with Crippen LogP contribution in [-0.2, 0) is 6.42 Å². The fourth-order valence-electron chi connectivity index (χ4n) is 1.34. The molecule has 0 amide bonds. The number of phenolic OH excluding ortho intramolecular Hbond substituents is 1. The number of phenols is 1. The standard InChI is InChI=1S/C11H12ClNO/c1-7(2)10-6-9(12)5-8(3-4-13)11(10)14/h5-7,14H,3H2,1-2H3. The van der Waals surface area contributed by atoms with Crippen molar-refractivity contribution in [2.75, 3.05) is 0 Å². The van der Waals surface area contributed by atoms with Crippen LogP contribution < -0.4 is 0 Å². The lowest BCUT2D eigenvalue weighted by atomic mass is 9.98. The summed E-state index contributed by atoms with van der Waals surface area (Å²) >= 11 is 5.88. The van der Waals surface area contributed by atoms with E-state index in [2.05, 4.69) is 0 Å². The van der Waals surface area contributed by atoms with Gasteiger partial charge in [0.15, 0.2) is 0 Å². The van der Waals surface area contributed by atoms with E-state index in [0.29, 0.717) is 10.6 Å². The minimum atomic E-state index is 0.187. The Morgan fingerprint density at radius 2 is 2.14 bits per heavy atom. The van der Waals surface area contributed by atoms with Gasteiger partial charge in [0, 0.05) is 10.6 Å². The SMILES string of the molecule is CC(C)c1cc(Cl)cc(CC#N)c1O. The van der Waals surface area contributed by atoms with Gasteiger partial charge in [-0.15, -0.1) is 0 Å². The molecule has 74 valence electrons. The van der Waals surface area contributed by atoms with Gasteiger partial charge < -0.3 is 5.11 Å². The van der Waals surface area contributed by atoms with Crippen molar-refractivity contribution >= 4 is 11.6 Å². The van der Waals surface area contributed by atoms with E-state index in [0.717, 1.165) is 5.56 Å². The van der Waals surface area contributed by atoms with E-state index in [-0.39, 0.29) is 18.1 Å². The summed E-state index contributed by atoms with van der Waals surface area (Å²) in [5, 5.41) is 18.9. The van der Waals surface area contributed by atoms with Gasteiger partial charge in [0.2, 0.25) is 0 Å². The highest BCUT2D eigenvalue weighted by molar-refractivity contribution is 6.30. The molecule has 0 aromatic heterocycles. The molecule has 1 rings (SSSR count). The van der Waals surface area contributed by atoms with E-state index in [9.17, 15) is 5.11 Å². The molecule has 0 spiro atoms. The van der Waals surface area contributed by atoms with Gasteiger partial charge in [0.05, 0.1) is 12.5 Å². The van der Waals surface area contributed by atoms with Crippen LogP contribution in [0.25, 0.3) is 0 Å². The van der Waals surface area contributed by atoms with Gasteiger partial charge in [0.25, 0.3) is 0 Å². The van der Waals surface area contributed by atoms with Crippen molar-refractivity contribution in [1.82, 2.24) is 0 Å². The summed E-state index contributed by atoms with van der Waals surface area (Å²) in [5.41, 5.74) is 1.39. The molecule has 0 heterocycles. The van der Waals surface area contributed by atoms with E-state index in [1.54, 1.807) is 12.1 Å². The number of halogens is 1. The van der Waals surface area contributed by atoms with Crippen LogP contribution >= 0.6 is 11.6 Å². The maximum atomic E-state index is 9.81. The second-order valence-corrected chi connectivity index (χ2v) is 3.93. The van der Waals surface area contributed by atoms with Crippen LogP contribution in [-0.4, -0.2) is 5.11 Å². The molecule has 14 heavy (non-hydrogen) atoms. The number of hydrogen-bond donors (Lipinski definition) is 1. The van der Waals surface area contributed by atoms with Gasteiger partial charge in [-0.1, -0.05) is 25.4 Å². The van der Waals surface area contributed by atoms with E-state index in [1.807, 2.05) is 19.9 Å². The number of rotatable bonds is 2. The van der Waals surface area contributed by atoms with Gasteiger partial charge in [0.1, 0.15) is 5.75 Å². The molecule has 1 N–H and O–H groups in total. The molecule has 0 saturated carbocycles. The van der Waals surface area contributed by atoms with Crippen molar-refractivity contribution in [3.63, 3.8) is 0 Å². The number of benzene rings is 1. The van der Waals surface area contributed by atoms with E-state index in [4.69, 9.17) is 16.9 Å². The summed E-state index contributed by atoms with van der Waals surface area (Å²) in [4.78, 5) is 0. The van der Waals surface area contributed by atoms with Crippen LogP contribution in [0, 0.1) is 11.3 Å². The van der Waals surface area contributed by atoms with Crippen LogP contribution in [0.15, 0.2) is 12.1 Å². The first kappa shape index (κ1) is 10.9. The van der Waals surface area contributed by atoms with Crippen molar-refractivity contribution in [3.8, 4) is 11.8 Å². The molecule has 0 aliphatic rings. The number of hydrogen-bond acceptors (Lipinski definition) is 2. The average molecular weight is 210 g/mol. The molecular formula is C11H12ClNO. The summed E-state index contributed by atoms with van der Waals surface area (Å²) in [7, 11) is 0. The highest BCUT2D eigenvalue weighted by Gasteiger charge is 2.11. The molecule has 1 aromatic carbocycles. The third-order valence-corrected chi connectivity index (χ3v) is 2.29. The first-order valence-electron chi connectivity index (χ1n) is 4.44. The summed E-state index contributed by atoms with van der Waals surface area (Å²) in [5.74, 6) is 0.400. The van der Waals surface area contributed by atoms with Gasteiger partial charge in [-0.2, -0.15) is 5.26 Å². The highest BCUT2D eigenvalue weighted by atomic mass is 35.5. The Bertz CT molecular complexity index is 380. The largest absolute Gasteiger partial charge is 0.507 e. The van der Waals surface area contributed by atoms with Crippen LogP contribution in [0.5, 0.6) is 5.75 Å². The Morgan fingerprint density at radius 3 is 2.64 bits per heavy atom. The van der Waals surface area contributed by atoms with Crippen molar-refractivity contribution in [3.05, 3.63) is 28.3 Å². The third kappa shape index (κ3) is 2.18. The van der Waals surface area contributed by atoms with Gasteiger partial charge in [-0.25, -0.2) is 0 Å². The monoisotopic (exact) mass is 209 g/mol. The number of nitriles is 1. The molecule has 0 radical (unpaired) electrons. The second kappa shape index (κ2) is 4.34. The zero-order chi connectivity index (χ0) is 10.7. The topological polar surface area (TPSA) is 44.0 Å². The van der Waals surface area contributed by atoms with E-state index >= 15 is 0 Å². The number of aromatic hydroxyl groups is 1. The lowest BCUT2D eigenvalue weighted by molar-refractivity contribution is 0.459. The van der Waals surface area contributed by atoms with Crippen molar-refractivity contribution in [2.45, 2.75) is 26.2 Å². The maximum Gasteiger partial charge on any atom is 0.123 e. The first-order chi connectivity index (χ1) is 6.56. The molecule has 0 unspecified atom stereocenters. The molecule has 3 heteroatoms. The maximum absolute atomic E-state index is 9.81. The van der Waals surface area contributed by atoms with E-state index < -0.39 is 0 Å². The first-order valence-corrected chi connectivity index (χ1v) is 4.82. The van der Waals surface area contributed by atoms with Crippen LogP contribution in [0.2, 0.25) is 5.02 Å². The Balaban J connectivity index is 3.26. The minimum absolute atomic E-state index is 0.187. The van der Waals surface area contributed by atoms with Crippen molar-refractivity contribution in [2.24, 2.45) is 0 Å². The van der Waals surface area contributed by atoms with Crippen LogP contribution in [0.1, 0.15) is 30.9 Å². The second-order valence-electron chi connectivity index (χ2n) is 3.49. The normalized spacial score (nSPS) is 10.2. The zero-order valence-electron chi connectivity index (χ0n) is 8.21. The molecule has 0 bridgehead atoms. The van der Waals surface area contributed by atoms with Crippen molar-refractivity contribution < 1.29 is 5.11 Å². The lowest BCUT2D eigenvalue weighted by Crippen LogP contribution is -1.93. The Labute approximate surface area is 88.7 Å². The average Bonchev–Trinajstić information content (AvgIpc) is 2.10. The fraction of sp³-hybridized carbons (Fsp3) is 0.364. The Hall–Kier alpha value is -1.20. The lowest BCUT2D eigenvalue weighted by Gasteiger charge is -2.11. The smallest absolute Gasteiger partial charge is 0.123 e. The summed E-state index contributed by atoms with van der Waals surface area (Å²) in [6.45, 7) is 3.95. The molecular weight excluding hydrogens is 198 g/mol. The predicted octanol–water partition coefficient (Wildman–Crippen LogP) is 3.24. The van der Waals surface area contributed by atoms with Crippen LogP contribution in [0.4, 0.5) is 0 Å². The summed E-state index contributed by atoms with van der Waals surface area (Å²) < 4.78 is 0. The minimum Gasteiger partial charge on any atom is -0.507 e. The molecule has 0 fully saturated rings. The third-order valence-electron chi connectivity index (χ3n) is 2.07. The van der Waals surface area contributed by atoms with Gasteiger partial charge >= 0.3 is 0 Å². The van der Waals surface area contributed by atoms with E-state index in [1.165, 1.54) is 0 Å². The molecule has 0 atom stereocenters. The van der Waals surface area contributed by atoms with Gasteiger partial charge in [-0.05, 0) is 23.6 Å². The quantitative estimate of drug-likeness (QED) is 0.813. The molecule has 2 nitrogen and oxygen atoms in total. The number of nitrogens with zero attached hydrogens (tertiary/aromatic N) is 1. The molecule has 0 aliphatic carbocycles. The molecule has 0 aliphatic heterocycles. The highest BCUT2D eigenvalue weighted by Crippen LogP contribution is 2.32. The predicted molar refractivity (Wildman–Crippen MR) is 56.5 cm³/mol. The summed E-state index contributed by atoms with van der Waals surface area (Å²) in [6, 6.07) is 5.37. The van der Waals surface area contributed by atoms with Crippen molar-refractivity contribution in [1.29, 1.82) is 5.26 Å². The van der Waals surface area contributed by atoms with Gasteiger partial charge in [-0.3, -0.25) is 0 Å². The Kier molecular flexibility index (Phi) is 3.38. The zero-order valence-corrected chi connectivity index (χ0v) is 8.97. The summed E-state index contributed by atoms with van der Waals surface area (Å²) in [6.07, 6.45) is 0.187. The molecule has 0 saturated heterocycles. The van der Waals surface area contributed by atoms with Crippen LogP contribution in [0.3, 0.4) is 0 Å². The Morgan fingerprint density at radius 1 is 1.50 bits per heavy atom. The molecule has 1 aromatic rings.